The molecule has 1 unspecified atom stereocenters. The molecule has 0 spiro atoms. The largest absolute Gasteiger partial charge is 0.481 e. The molecule has 0 aliphatic rings. The smallest absolute Gasteiger partial charge is 0.304 e. The predicted molar refractivity (Wildman–Crippen MR) is 60.0 cm³/mol. The lowest BCUT2D eigenvalue weighted by atomic mass is 10.2. The van der Waals surface area contributed by atoms with Crippen LogP contribution in [0.2, 0.25) is 0 Å². The van der Waals surface area contributed by atoms with Crippen LogP contribution in [0.15, 0.2) is 30.3 Å². The Labute approximate surface area is 94.1 Å². The first-order chi connectivity index (χ1) is 7.22. The SMILES string of the molecule is O=C(O)CC(CCl)NCc1ccccc1. The zero-order valence-electron chi connectivity index (χ0n) is 8.32. The summed E-state index contributed by atoms with van der Waals surface area (Å²) in [6.07, 6.45) is 0.0519. The summed E-state index contributed by atoms with van der Waals surface area (Å²) >= 11 is 5.65. The standard InChI is InChI=1S/C11H14ClNO2/c12-7-10(6-11(14)15)13-8-9-4-2-1-3-5-9/h1-5,10,13H,6-8H2,(H,14,15). The lowest BCUT2D eigenvalue weighted by Crippen LogP contribution is -2.32. The van der Waals surface area contributed by atoms with Crippen molar-refractivity contribution >= 4 is 17.6 Å². The molecule has 0 amide bonds. The Bertz CT molecular complexity index is 303. The van der Waals surface area contributed by atoms with Gasteiger partial charge in [0.1, 0.15) is 0 Å². The molecule has 0 aliphatic heterocycles. The van der Waals surface area contributed by atoms with Crippen molar-refractivity contribution in [3.05, 3.63) is 35.9 Å². The van der Waals surface area contributed by atoms with E-state index < -0.39 is 5.97 Å². The van der Waals surface area contributed by atoms with Crippen molar-refractivity contribution in [2.45, 2.75) is 19.0 Å². The van der Waals surface area contributed by atoms with E-state index in [1.54, 1.807) is 0 Å². The van der Waals surface area contributed by atoms with Crippen LogP contribution in [0.4, 0.5) is 0 Å². The molecular weight excluding hydrogens is 214 g/mol. The molecule has 0 saturated heterocycles. The maximum absolute atomic E-state index is 10.5. The van der Waals surface area contributed by atoms with Gasteiger partial charge in [0.15, 0.2) is 0 Å². The van der Waals surface area contributed by atoms with E-state index in [9.17, 15) is 4.79 Å². The molecule has 4 heteroatoms. The Morgan fingerprint density at radius 2 is 2.07 bits per heavy atom. The number of alkyl halides is 1. The highest BCUT2D eigenvalue weighted by molar-refractivity contribution is 6.18. The van der Waals surface area contributed by atoms with E-state index in [-0.39, 0.29) is 12.5 Å². The second kappa shape index (κ2) is 6.43. The first kappa shape index (κ1) is 12.0. The third kappa shape index (κ3) is 4.81. The topological polar surface area (TPSA) is 49.3 Å². The van der Waals surface area contributed by atoms with Crippen LogP contribution in [-0.4, -0.2) is 23.0 Å². The molecule has 0 aromatic heterocycles. The molecule has 0 radical (unpaired) electrons. The van der Waals surface area contributed by atoms with Gasteiger partial charge in [-0.15, -0.1) is 11.6 Å². The second-order valence-corrected chi connectivity index (χ2v) is 3.62. The van der Waals surface area contributed by atoms with Crippen LogP contribution in [0.3, 0.4) is 0 Å². The molecule has 0 bridgehead atoms. The minimum absolute atomic E-state index is 0.0519. The summed E-state index contributed by atoms with van der Waals surface area (Å²) in [7, 11) is 0. The van der Waals surface area contributed by atoms with Crippen LogP contribution < -0.4 is 5.32 Å². The highest BCUT2D eigenvalue weighted by Gasteiger charge is 2.10. The van der Waals surface area contributed by atoms with Gasteiger partial charge in [-0.25, -0.2) is 0 Å². The predicted octanol–water partition coefficient (Wildman–Crippen LogP) is 1.86. The molecule has 0 saturated carbocycles. The van der Waals surface area contributed by atoms with Crippen LogP contribution in [-0.2, 0) is 11.3 Å². The highest BCUT2D eigenvalue weighted by Crippen LogP contribution is 2.01. The van der Waals surface area contributed by atoms with E-state index in [0.717, 1.165) is 5.56 Å². The number of hydrogen-bond acceptors (Lipinski definition) is 2. The number of halogens is 1. The lowest BCUT2D eigenvalue weighted by Gasteiger charge is -2.13. The maximum atomic E-state index is 10.5. The summed E-state index contributed by atoms with van der Waals surface area (Å²) < 4.78 is 0. The Kier molecular flexibility index (Phi) is 5.15. The van der Waals surface area contributed by atoms with E-state index in [0.29, 0.717) is 12.4 Å². The van der Waals surface area contributed by atoms with Gasteiger partial charge < -0.3 is 10.4 Å². The minimum atomic E-state index is -0.832. The normalized spacial score (nSPS) is 12.3. The van der Waals surface area contributed by atoms with Gasteiger partial charge in [-0.05, 0) is 5.56 Å². The van der Waals surface area contributed by atoms with Gasteiger partial charge in [0.05, 0.1) is 6.42 Å². The Morgan fingerprint density at radius 3 is 2.60 bits per heavy atom. The second-order valence-electron chi connectivity index (χ2n) is 3.32. The number of hydrogen-bond donors (Lipinski definition) is 2. The Hall–Kier alpha value is -1.06. The van der Waals surface area contributed by atoms with Crippen LogP contribution >= 0.6 is 11.6 Å². The Morgan fingerprint density at radius 1 is 1.40 bits per heavy atom. The third-order valence-corrected chi connectivity index (χ3v) is 2.42. The van der Waals surface area contributed by atoms with E-state index >= 15 is 0 Å². The fourth-order valence-corrected chi connectivity index (χ4v) is 1.47. The van der Waals surface area contributed by atoms with Gasteiger partial charge >= 0.3 is 5.97 Å². The van der Waals surface area contributed by atoms with E-state index in [2.05, 4.69) is 5.32 Å². The number of carbonyl (C=O) groups is 1. The van der Waals surface area contributed by atoms with Crippen LogP contribution in [0, 0.1) is 0 Å². The Balaban J connectivity index is 2.37. The van der Waals surface area contributed by atoms with Crippen LogP contribution in [0.5, 0.6) is 0 Å². The number of aliphatic carboxylic acids is 1. The van der Waals surface area contributed by atoms with Gasteiger partial charge in [0.2, 0.25) is 0 Å². The van der Waals surface area contributed by atoms with E-state index in [1.165, 1.54) is 0 Å². The van der Waals surface area contributed by atoms with E-state index in [4.69, 9.17) is 16.7 Å². The molecular formula is C11H14ClNO2. The number of nitrogens with one attached hydrogen (secondary N) is 1. The molecule has 1 rings (SSSR count). The minimum Gasteiger partial charge on any atom is -0.481 e. The zero-order chi connectivity index (χ0) is 11.1. The van der Waals surface area contributed by atoms with Crippen molar-refractivity contribution < 1.29 is 9.90 Å². The summed E-state index contributed by atoms with van der Waals surface area (Å²) in [5, 5.41) is 11.7. The molecule has 15 heavy (non-hydrogen) atoms. The van der Waals surface area contributed by atoms with Crippen molar-refractivity contribution in [1.82, 2.24) is 5.32 Å². The molecule has 2 N–H and O–H groups in total. The molecule has 3 nitrogen and oxygen atoms in total. The van der Waals surface area contributed by atoms with Crippen molar-refractivity contribution in [1.29, 1.82) is 0 Å². The summed E-state index contributed by atoms with van der Waals surface area (Å²) in [6.45, 7) is 0.644. The van der Waals surface area contributed by atoms with Gasteiger partial charge in [-0.3, -0.25) is 4.79 Å². The first-order valence-electron chi connectivity index (χ1n) is 4.77. The highest BCUT2D eigenvalue weighted by atomic mass is 35.5. The van der Waals surface area contributed by atoms with E-state index in [1.807, 2.05) is 30.3 Å². The van der Waals surface area contributed by atoms with Crippen LogP contribution in [0.25, 0.3) is 0 Å². The number of rotatable bonds is 6. The monoisotopic (exact) mass is 227 g/mol. The average molecular weight is 228 g/mol. The average Bonchev–Trinajstić information content (AvgIpc) is 2.25. The summed E-state index contributed by atoms with van der Waals surface area (Å²) in [4.78, 5) is 10.5. The molecule has 1 aromatic rings. The summed E-state index contributed by atoms with van der Waals surface area (Å²) in [6, 6.07) is 9.63. The third-order valence-electron chi connectivity index (χ3n) is 2.04. The number of benzene rings is 1. The quantitative estimate of drug-likeness (QED) is 0.730. The molecule has 0 aliphatic carbocycles. The molecule has 1 atom stereocenters. The first-order valence-corrected chi connectivity index (χ1v) is 5.31. The molecule has 0 fully saturated rings. The fraction of sp³-hybridized carbons (Fsp3) is 0.364. The van der Waals surface area contributed by atoms with Crippen LogP contribution in [0.1, 0.15) is 12.0 Å². The van der Waals surface area contributed by atoms with Crippen molar-refractivity contribution in [3.8, 4) is 0 Å². The summed E-state index contributed by atoms with van der Waals surface area (Å²) in [5.74, 6) is -0.528. The van der Waals surface area contributed by atoms with Gasteiger partial charge in [0, 0.05) is 18.5 Å². The molecule has 1 aromatic carbocycles. The molecule has 0 heterocycles. The summed E-state index contributed by atoms with van der Waals surface area (Å²) in [5.41, 5.74) is 1.12. The van der Waals surface area contributed by atoms with Crippen molar-refractivity contribution in [3.63, 3.8) is 0 Å². The maximum Gasteiger partial charge on any atom is 0.304 e. The van der Waals surface area contributed by atoms with Gasteiger partial charge in [0.25, 0.3) is 0 Å². The van der Waals surface area contributed by atoms with Crippen molar-refractivity contribution in [2.75, 3.05) is 5.88 Å². The zero-order valence-corrected chi connectivity index (χ0v) is 9.07. The van der Waals surface area contributed by atoms with Gasteiger partial charge in [-0.1, -0.05) is 30.3 Å². The molecule has 82 valence electrons. The number of carboxylic acids is 1. The van der Waals surface area contributed by atoms with Gasteiger partial charge in [-0.2, -0.15) is 0 Å². The number of carboxylic acid groups (broad SMARTS) is 1. The fourth-order valence-electron chi connectivity index (χ4n) is 1.25. The van der Waals surface area contributed by atoms with Crippen molar-refractivity contribution in [2.24, 2.45) is 0 Å². The lowest BCUT2D eigenvalue weighted by molar-refractivity contribution is -0.137.